The van der Waals surface area contributed by atoms with Crippen molar-refractivity contribution in [3.63, 3.8) is 0 Å². The third-order valence-electron chi connectivity index (χ3n) is 3.76. The van der Waals surface area contributed by atoms with Gasteiger partial charge in [0.25, 0.3) is 5.91 Å². The summed E-state index contributed by atoms with van der Waals surface area (Å²) in [6.07, 6.45) is 2.81. The summed E-state index contributed by atoms with van der Waals surface area (Å²) in [5, 5.41) is 4.01. The highest BCUT2D eigenvalue weighted by molar-refractivity contribution is 7.22. The summed E-state index contributed by atoms with van der Waals surface area (Å²) in [6.45, 7) is 2.97. The van der Waals surface area contributed by atoms with Crippen LogP contribution in [-0.2, 0) is 14.3 Å². The summed E-state index contributed by atoms with van der Waals surface area (Å²) in [5.41, 5.74) is 0.818. The molecule has 1 aliphatic heterocycles. The minimum absolute atomic E-state index is 0.101. The van der Waals surface area contributed by atoms with Gasteiger partial charge in [0.1, 0.15) is 6.10 Å². The smallest absolute Gasteiger partial charge is 0.254 e. The lowest BCUT2D eigenvalue weighted by atomic mass is 10.1. The number of hydrogen-bond acceptors (Lipinski definition) is 5. The van der Waals surface area contributed by atoms with Crippen molar-refractivity contribution in [3.05, 3.63) is 23.2 Å². The number of benzene rings is 1. The van der Waals surface area contributed by atoms with Gasteiger partial charge in [-0.2, -0.15) is 0 Å². The van der Waals surface area contributed by atoms with Gasteiger partial charge in [0, 0.05) is 11.6 Å². The van der Waals surface area contributed by atoms with Crippen LogP contribution in [0.4, 0.5) is 5.13 Å². The van der Waals surface area contributed by atoms with E-state index in [-0.39, 0.29) is 12.0 Å². The lowest BCUT2D eigenvalue weighted by molar-refractivity contribution is -0.130. The fraction of sp³-hybridized carbons (Fsp3) is 0.500. The third-order valence-corrected chi connectivity index (χ3v) is 4.92. The van der Waals surface area contributed by atoms with Gasteiger partial charge in [-0.1, -0.05) is 22.9 Å². The summed E-state index contributed by atoms with van der Waals surface area (Å²) >= 11 is 7.35. The fourth-order valence-corrected chi connectivity index (χ4v) is 3.57. The number of thiazole rings is 1. The third kappa shape index (κ3) is 4.41. The Labute approximate surface area is 143 Å². The predicted octanol–water partition coefficient (Wildman–Crippen LogP) is 3.86. The number of rotatable bonds is 5. The van der Waals surface area contributed by atoms with Crippen molar-refractivity contribution in [1.29, 1.82) is 0 Å². The summed E-state index contributed by atoms with van der Waals surface area (Å²) in [5.74, 6) is -0.203. The molecule has 0 radical (unpaired) electrons. The van der Waals surface area contributed by atoms with E-state index in [0.29, 0.717) is 16.8 Å². The highest BCUT2D eigenvalue weighted by Crippen LogP contribution is 2.28. The molecule has 2 unspecified atom stereocenters. The van der Waals surface area contributed by atoms with Crippen molar-refractivity contribution in [2.75, 3.05) is 18.5 Å². The van der Waals surface area contributed by atoms with Crippen LogP contribution in [0, 0.1) is 0 Å². The molecule has 1 saturated heterocycles. The second-order valence-electron chi connectivity index (χ2n) is 5.58. The monoisotopic (exact) mass is 354 g/mol. The molecular weight excluding hydrogens is 336 g/mol. The largest absolute Gasteiger partial charge is 0.376 e. The van der Waals surface area contributed by atoms with Gasteiger partial charge in [0.15, 0.2) is 5.13 Å². The Morgan fingerprint density at radius 1 is 1.57 bits per heavy atom. The van der Waals surface area contributed by atoms with Gasteiger partial charge in [-0.3, -0.25) is 10.1 Å². The first kappa shape index (κ1) is 16.6. The Balaban J connectivity index is 1.54. The van der Waals surface area contributed by atoms with E-state index in [2.05, 4.69) is 10.3 Å². The highest BCUT2D eigenvalue weighted by Gasteiger charge is 2.19. The average Bonchev–Trinajstić information content (AvgIpc) is 2.94. The number of nitrogens with one attached hydrogen (secondary N) is 1. The average molecular weight is 355 g/mol. The molecule has 2 atom stereocenters. The number of halogens is 1. The van der Waals surface area contributed by atoms with E-state index in [1.807, 2.05) is 12.1 Å². The molecule has 1 N–H and O–H groups in total. The van der Waals surface area contributed by atoms with Crippen molar-refractivity contribution < 1.29 is 14.3 Å². The molecule has 2 aromatic rings. The van der Waals surface area contributed by atoms with E-state index in [1.54, 1.807) is 13.0 Å². The van der Waals surface area contributed by atoms with E-state index in [1.165, 1.54) is 11.3 Å². The molecule has 3 rings (SSSR count). The zero-order valence-electron chi connectivity index (χ0n) is 12.9. The quantitative estimate of drug-likeness (QED) is 0.885. The number of amides is 1. The van der Waals surface area contributed by atoms with Crippen LogP contribution in [0.15, 0.2) is 18.2 Å². The van der Waals surface area contributed by atoms with Gasteiger partial charge in [0.2, 0.25) is 0 Å². The SMILES string of the molecule is CC(OCC1CCCCO1)C(=O)Nc1nc2ccc(Cl)cc2s1. The number of nitrogens with zero attached hydrogens (tertiary/aromatic N) is 1. The van der Waals surface area contributed by atoms with E-state index in [4.69, 9.17) is 21.1 Å². The topological polar surface area (TPSA) is 60.5 Å². The number of carbonyl (C=O) groups is 1. The van der Waals surface area contributed by atoms with E-state index >= 15 is 0 Å². The number of hydrogen-bond donors (Lipinski definition) is 1. The van der Waals surface area contributed by atoms with Crippen LogP contribution in [0.5, 0.6) is 0 Å². The van der Waals surface area contributed by atoms with Crippen LogP contribution < -0.4 is 5.32 Å². The fourth-order valence-electron chi connectivity index (χ4n) is 2.43. The number of anilines is 1. The normalized spacial score (nSPS) is 19.7. The molecule has 0 bridgehead atoms. The van der Waals surface area contributed by atoms with Crippen molar-refractivity contribution in [1.82, 2.24) is 4.98 Å². The predicted molar refractivity (Wildman–Crippen MR) is 92.3 cm³/mol. The number of carbonyl (C=O) groups excluding carboxylic acids is 1. The Bertz CT molecular complexity index is 685. The zero-order valence-corrected chi connectivity index (χ0v) is 14.5. The number of ether oxygens (including phenoxy) is 2. The summed E-state index contributed by atoms with van der Waals surface area (Å²) in [6, 6.07) is 5.46. The molecule has 23 heavy (non-hydrogen) atoms. The molecule has 1 fully saturated rings. The molecule has 0 spiro atoms. The zero-order chi connectivity index (χ0) is 16.2. The Morgan fingerprint density at radius 2 is 2.43 bits per heavy atom. The molecule has 0 aliphatic carbocycles. The molecule has 2 heterocycles. The Hall–Kier alpha value is -1.21. The maximum absolute atomic E-state index is 12.2. The lowest BCUT2D eigenvalue weighted by Gasteiger charge is -2.23. The molecule has 1 aromatic heterocycles. The minimum atomic E-state index is -0.545. The van der Waals surface area contributed by atoms with E-state index in [0.717, 1.165) is 36.1 Å². The van der Waals surface area contributed by atoms with Gasteiger partial charge in [0.05, 0.1) is 22.9 Å². The molecule has 5 nitrogen and oxygen atoms in total. The maximum Gasteiger partial charge on any atom is 0.254 e. The van der Waals surface area contributed by atoms with Crippen molar-refractivity contribution in [2.24, 2.45) is 0 Å². The first-order valence-electron chi connectivity index (χ1n) is 7.72. The molecule has 1 aliphatic rings. The molecule has 7 heteroatoms. The van der Waals surface area contributed by atoms with Gasteiger partial charge in [-0.15, -0.1) is 0 Å². The van der Waals surface area contributed by atoms with Crippen LogP contribution in [-0.4, -0.2) is 36.3 Å². The van der Waals surface area contributed by atoms with Crippen LogP contribution >= 0.6 is 22.9 Å². The molecular formula is C16H19ClN2O3S. The molecule has 0 saturated carbocycles. The van der Waals surface area contributed by atoms with Crippen LogP contribution in [0.25, 0.3) is 10.2 Å². The first-order valence-corrected chi connectivity index (χ1v) is 8.91. The summed E-state index contributed by atoms with van der Waals surface area (Å²) in [7, 11) is 0. The van der Waals surface area contributed by atoms with Crippen molar-refractivity contribution in [2.45, 2.75) is 38.4 Å². The second kappa shape index (κ2) is 7.57. The first-order chi connectivity index (χ1) is 11.1. The molecule has 1 amide bonds. The van der Waals surface area contributed by atoms with E-state index < -0.39 is 6.10 Å². The van der Waals surface area contributed by atoms with E-state index in [9.17, 15) is 4.79 Å². The van der Waals surface area contributed by atoms with Crippen LogP contribution in [0.3, 0.4) is 0 Å². The van der Waals surface area contributed by atoms with Gasteiger partial charge in [-0.25, -0.2) is 4.98 Å². The maximum atomic E-state index is 12.2. The summed E-state index contributed by atoms with van der Waals surface area (Å²) in [4.78, 5) is 16.6. The lowest BCUT2D eigenvalue weighted by Crippen LogP contribution is -2.32. The number of fused-ring (bicyclic) bond motifs is 1. The molecule has 124 valence electrons. The molecule has 1 aromatic carbocycles. The van der Waals surface area contributed by atoms with Gasteiger partial charge < -0.3 is 9.47 Å². The minimum Gasteiger partial charge on any atom is -0.376 e. The van der Waals surface area contributed by atoms with Gasteiger partial charge in [-0.05, 0) is 44.4 Å². The number of aromatic nitrogens is 1. The highest BCUT2D eigenvalue weighted by atomic mass is 35.5. The van der Waals surface area contributed by atoms with Gasteiger partial charge >= 0.3 is 0 Å². The Kier molecular flexibility index (Phi) is 5.48. The summed E-state index contributed by atoms with van der Waals surface area (Å²) < 4.78 is 12.2. The second-order valence-corrected chi connectivity index (χ2v) is 7.05. The standard InChI is InChI=1S/C16H19ClN2O3S/c1-10(22-9-12-4-2-3-7-21-12)15(20)19-16-18-13-6-5-11(17)8-14(13)23-16/h5-6,8,10,12H,2-4,7,9H2,1H3,(H,18,19,20). The van der Waals surface area contributed by atoms with Crippen molar-refractivity contribution in [3.8, 4) is 0 Å². The van der Waals surface area contributed by atoms with Crippen LogP contribution in [0.1, 0.15) is 26.2 Å². The Morgan fingerprint density at radius 3 is 3.22 bits per heavy atom. The van der Waals surface area contributed by atoms with Crippen molar-refractivity contribution >= 4 is 44.2 Å². The van der Waals surface area contributed by atoms with Crippen LogP contribution in [0.2, 0.25) is 5.02 Å².